The van der Waals surface area contributed by atoms with Gasteiger partial charge in [0, 0.05) is 11.6 Å². The smallest absolute Gasteiger partial charge is 0.169 e. The van der Waals surface area contributed by atoms with Crippen LogP contribution in [0.25, 0.3) is 34.0 Å². The summed E-state index contributed by atoms with van der Waals surface area (Å²) < 4.78 is 34.7. The Hall–Kier alpha value is -3.94. The highest BCUT2D eigenvalue weighted by Crippen LogP contribution is 2.27. The van der Waals surface area contributed by atoms with Crippen LogP contribution in [0.3, 0.4) is 0 Å². The van der Waals surface area contributed by atoms with Gasteiger partial charge in [-0.25, -0.2) is 18.7 Å². The zero-order valence-corrected chi connectivity index (χ0v) is 16.6. The lowest BCUT2D eigenvalue weighted by atomic mass is 10.1. The van der Waals surface area contributed by atoms with E-state index in [4.69, 9.17) is 4.52 Å². The molecule has 0 fully saturated rings. The van der Waals surface area contributed by atoms with Crippen molar-refractivity contribution in [3.05, 3.63) is 83.9 Å². The fourth-order valence-electron chi connectivity index (χ4n) is 3.34. The minimum atomic E-state index is -0.972. The number of aromatic nitrogens is 5. The van der Waals surface area contributed by atoms with Gasteiger partial charge in [-0.1, -0.05) is 42.4 Å². The van der Waals surface area contributed by atoms with Crippen LogP contribution >= 0.6 is 0 Å². The molecule has 2 aromatic carbocycles. The Morgan fingerprint density at radius 2 is 1.77 bits per heavy atom. The standard InChI is InChI=1S/C23H17F2N5O/c1-2-14-6-8-15(9-7-14)19-10-16(31-29-19)12-30-13-21-20(11-26-30)27-23(28-21)17-4-3-5-18(24)22(17)25/h3-11,13H,2,12H2,1H3. The first-order valence-electron chi connectivity index (χ1n) is 9.80. The predicted octanol–water partition coefficient (Wildman–Crippen LogP) is 4.99. The number of halogens is 2. The van der Waals surface area contributed by atoms with Gasteiger partial charge in [-0.3, -0.25) is 4.68 Å². The monoisotopic (exact) mass is 417 g/mol. The van der Waals surface area contributed by atoms with Crippen molar-refractivity contribution in [2.24, 2.45) is 0 Å². The van der Waals surface area contributed by atoms with Crippen LogP contribution in [0, 0.1) is 11.6 Å². The summed E-state index contributed by atoms with van der Waals surface area (Å²) in [5.74, 6) is -1.17. The topological polar surface area (TPSA) is 69.6 Å². The maximum atomic E-state index is 14.1. The Morgan fingerprint density at radius 1 is 0.968 bits per heavy atom. The molecule has 2 aliphatic rings. The molecule has 0 amide bonds. The van der Waals surface area contributed by atoms with E-state index < -0.39 is 11.6 Å². The number of aryl methyl sites for hydroxylation is 1. The van der Waals surface area contributed by atoms with Gasteiger partial charge in [0.15, 0.2) is 23.2 Å². The van der Waals surface area contributed by atoms with E-state index >= 15 is 0 Å². The van der Waals surface area contributed by atoms with Gasteiger partial charge >= 0.3 is 0 Å². The summed E-state index contributed by atoms with van der Waals surface area (Å²) >= 11 is 0. The molecule has 0 N–H and O–H groups in total. The minimum absolute atomic E-state index is 0.0108. The highest BCUT2D eigenvalue weighted by Gasteiger charge is 2.18. The summed E-state index contributed by atoms with van der Waals surface area (Å²) in [7, 11) is 0. The molecule has 0 bridgehead atoms. The Balaban J connectivity index is 1.39. The summed E-state index contributed by atoms with van der Waals surface area (Å²) in [6.07, 6.45) is 4.19. The van der Waals surface area contributed by atoms with Crippen LogP contribution in [-0.4, -0.2) is 24.9 Å². The van der Waals surface area contributed by atoms with Crippen molar-refractivity contribution in [1.29, 1.82) is 0 Å². The van der Waals surface area contributed by atoms with Gasteiger partial charge in [0.1, 0.15) is 23.6 Å². The van der Waals surface area contributed by atoms with Gasteiger partial charge < -0.3 is 4.52 Å². The summed E-state index contributed by atoms with van der Waals surface area (Å²) in [5.41, 5.74) is 4.00. The maximum absolute atomic E-state index is 14.1. The highest BCUT2D eigenvalue weighted by atomic mass is 19.2. The number of benzene rings is 2. The lowest BCUT2D eigenvalue weighted by Crippen LogP contribution is -2.04. The second-order valence-corrected chi connectivity index (χ2v) is 7.12. The van der Waals surface area contributed by atoms with Crippen LogP contribution in [0.2, 0.25) is 0 Å². The molecule has 0 aliphatic carbocycles. The van der Waals surface area contributed by atoms with Gasteiger partial charge in [-0.2, -0.15) is 5.10 Å². The number of imidazole rings is 1. The van der Waals surface area contributed by atoms with Gasteiger partial charge in [-0.15, -0.1) is 0 Å². The third-order valence-corrected chi connectivity index (χ3v) is 5.04. The van der Waals surface area contributed by atoms with E-state index in [1.165, 1.54) is 23.9 Å². The molecule has 3 heterocycles. The van der Waals surface area contributed by atoms with Crippen LogP contribution in [-0.2, 0) is 13.0 Å². The van der Waals surface area contributed by atoms with E-state index in [0.717, 1.165) is 23.7 Å². The van der Waals surface area contributed by atoms with Gasteiger partial charge in [0.2, 0.25) is 0 Å². The highest BCUT2D eigenvalue weighted by molar-refractivity contribution is 5.65. The molecule has 0 unspecified atom stereocenters. The van der Waals surface area contributed by atoms with Crippen molar-refractivity contribution in [3.8, 4) is 34.0 Å². The van der Waals surface area contributed by atoms with Crippen LogP contribution in [0.1, 0.15) is 18.2 Å². The average molecular weight is 417 g/mol. The first-order chi connectivity index (χ1) is 15.1. The number of rotatable bonds is 5. The fourth-order valence-corrected chi connectivity index (χ4v) is 3.34. The molecule has 31 heavy (non-hydrogen) atoms. The summed E-state index contributed by atoms with van der Waals surface area (Å²) in [6, 6.07) is 14.0. The van der Waals surface area contributed by atoms with E-state index in [1.807, 2.05) is 18.2 Å². The Morgan fingerprint density at radius 3 is 2.58 bits per heavy atom. The van der Waals surface area contributed by atoms with Crippen LogP contribution in [0.15, 0.2) is 65.4 Å². The fraction of sp³-hybridized carbons (Fsp3) is 0.130. The SMILES string of the molecule is CCc1ccc(-c2cc(Cn3cc4nc(-c5cccc(F)c5F)nc-4cn3)on2)cc1. The number of hydrogen-bond acceptors (Lipinski definition) is 5. The van der Waals surface area contributed by atoms with Gasteiger partial charge in [-0.05, 0) is 24.1 Å². The normalized spacial score (nSPS) is 11.3. The van der Waals surface area contributed by atoms with E-state index in [9.17, 15) is 8.78 Å². The third kappa shape index (κ3) is 3.68. The summed E-state index contributed by atoms with van der Waals surface area (Å²) in [6.45, 7) is 2.45. The molecule has 8 heteroatoms. The van der Waals surface area contributed by atoms with Crippen molar-refractivity contribution >= 4 is 0 Å². The maximum Gasteiger partial charge on any atom is 0.169 e. The van der Waals surface area contributed by atoms with E-state index in [2.05, 4.69) is 39.3 Å². The van der Waals surface area contributed by atoms with E-state index in [0.29, 0.717) is 23.7 Å². The molecule has 0 saturated carbocycles. The molecule has 2 aliphatic heterocycles. The summed E-state index contributed by atoms with van der Waals surface area (Å²) in [4.78, 5) is 8.59. The number of fused-ring (bicyclic) bond motifs is 1. The van der Waals surface area contributed by atoms with Gasteiger partial charge in [0.25, 0.3) is 0 Å². The number of nitrogens with zero attached hydrogens (tertiary/aromatic N) is 5. The molecular formula is C23H17F2N5O. The Bertz CT molecular complexity index is 1330. The molecule has 6 nitrogen and oxygen atoms in total. The van der Waals surface area contributed by atoms with Crippen molar-refractivity contribution in [3.63, 3.8) is 0 Å². The Kier molecular flexibility index (Phi) is 4.74. The zero-order chi connectivity index (χ0) is 21.4. The lowest BCUT2D eigenvalue weighted by molar-refractivity contribution is 0.372. The molecule has 0 radical (unpaired) electrons. The zero-order valence-electron chi connectivity index (χ0n) is 16.6. The largest absolute Gasteiger partial charge is 0.359 e. The molecule has 0 atom stereocenters. The molecule has 5 rings (SSSR count). The molecule has 3 aromatic rings. The predicted molar refractivity (Wildman–Crippen MR) is 110 cm³/mol. The van der Waals surface area contributed by atoms with E-state index in [1.54, 1.807) is 10.9 Å². The first-order valence-corrected chi connectivity index (χ1v) is 9.80. The van der Waals surface area contributed by atoms with Crippen LogP contribution < -0.4 is 0 Å². The quantitative estimate of drug-likeness (QED) is 0.403. The van der Waals surface area contributed by atoms with Crippen molar-refractivity contribution in [1.82, 2.24) is 24.9 Å². The minimum Gasteiger partial charge on any atom is -0.359 e. The second-order valence-electron chi connectivity index (χ2n) is 7.12. The third-order valence-electron chi connectivity index (χ3n) is 5.04. The van der Waals surface area contributed by atoms with Crippen LogP contribution in [0.4, 0.5) is 8.78 Å². The van der Waals surface area contributed by atoms with Crippen molar-refractivity contribution in [2.45, 2.75) is 19.9 Å². The second kappa shape index (κ2) is 7.71. The molecule has 0 saturated heterocycles. The summed E-state index contributed by atoms with van der Waals surface area (Å²) in [5, 5.41) is 8.45. The van der Waals surface area contributed by atoms with Crippen LogP contribution in [0.5, 0.6) is 0 Å². The molecule has 0 spiro atoms. The first kappa shape index (κ1) is 19.0. The lowest BCUT2D eigenvalue weighted by Gasteiger charge is -2.03. The van der Waals surface area contributed by atoms with E-state index in [-0.39, 0.29) is 11.4 Å². The van der Waals surface area contributed by atoms with Crippen molar-refractivity contribution in [2.75, 3.05) is 0 Å². The average Bonchev–Trinajstić information content (AvgIpc) is 3.42. The number of hydrogen-bond donors (Lipinski definition) is 0. The molecule has 1 aromatic heterocycles. The van der Waals surface area contributed by atoms with Gasteiger partial charge in [0.05, 0.1) is 18.0 Å². The Labute approximate surface area is 176 Å². The molecular weight excluding hydrogens is 400 g/mol. The molecule has 154 valence electrons. The van der Waals surface area contributed by atoms with Crippen molar-refractivity contribution < 1.29 is 13.3 Å².